The normalized spacial score (nSPS) is 35.9. The molecule has 3 rings (SSSR count). The van der Waals surface area contributed by atoms with Gasteiger partial charge in [-0.15, -0.1) is 0 Å². The van der Waals surface area contributed by atoms with Crippen molar-refractivity contribution in [1.82, 2.24) is 10.2 Å². The number of carbonyl (C=O) groups is 1. The Morgan fingerprint density at radius 2 is 1.94 bits per heavy atom. The number of hydrogen-bond acceptors (Lipinski definition) is 2. The molecule has 1 amide bonds. The average Bonchev–Trinajstić information content (AvgIpc) is 3.03. The Hall–Kier alpha value is -0.570. The van der Waals surface area contributed by atoms with Crippen molar-refractivity contribution < 1.29 is 4.79 Å². The molecule has 0 spiro atoms. The minimum atomic E-state index is 0.374. The maximum Gasteiger partial charge on any atom is 0.226 e. The number of carbonyl (C=O) groups excluding carboxylic acids is 1. The first-order valence-corrected chi connectivity index (χ1v) is 7.80. The monoisotopic (exact) mass is 250 g/mol. The Morgan fingerprint density at radius 1 is 1.17 bits per heavy atom. The summed E-state index contributed by atoms with van der Waals surface area (Å²) in [5, 5.41) is 3.39. The number of piperidine rings is 1. The summed E-state index contributed by atoms with van der Waals surface area (Å²) in [6.45, 7) is 5.20. The fraction of sp³-hybridized carbons (Fsp3) is 0.933. The summed E-state index contributed by atoms with van der Waals surface area (Å²) in [6, 6.07) is 0.503. The maximum absolute atomic E-state index is 12.8. The first kappa shape index (κ1) is 12.5. The molecule has 3 fully saturated rings. The van der Waals surface area contributed by atoms with Crippen LogP contribution in [0.3, 0.4) is 0 Å². The predicted molar refractivity (Wildman–Crippen MR) is 72.2 cm³/mol. The molecule has 2 bridgehead atoms. The van der Waals surface area contributed by atoms with Crippen LogP contribution in [0.2, 0.25) is 0 Å². The lowest BCUT2D eigenvalue weighted by Gasteiger charge is -2.37. The second kappa shape index (κ2) is 5.20. The topological polar surface area (TPSA) is 32.3 Å². The molecule has 3 unspecified atom stereocenters. The number of rotatable bonds is 3. The highest BCUT2D eigenvalue weighted by atomic mass is 16.2. The second-order valence-corrected chi connectivity index (χ2v) is 6.39. The lowest BCUT2D eigenvalue weighted by molar-refractivity contribution is -0.140. The van der Waals surface area contributed by atoms with E-state index in [0.29, 0.717) is 17.9 Å². The third-order valence-corrected chi connectivity index (χ3v) is 5.43. The van der Waals surface area contributed by atoms with E-state index in [0.717, 1.165) is 44.3 Å². The van der Waals surface area contributed by atoms with Crippen LogP contribution in [0.15, 0.2) is 0 Å². The second-order valence-electron chi connectivity index (χ2n) is 6.39. The SMILES string of the molecule is CCN(C(=O)C1CC2CCC1C2)C1CCNCC1. The smallest absolute Gasteiger partial charge is 0.226 e. The Bertz CT molecular complexity index is 312. The van der Waals surface area contributed by atoms with Crippen LogP contribution < -0.4 is 5.32 Å². The zero-order valence-electron chi connectivity index (χ0n) is 11.5. The van der Waals surface area contributed by atoms with E-state index in [-0.39, 0.29) is 0 Å². The van der Waals surface area contributed by atoms with E-state index in [9.17, 15) is 4.79 Å². The molecule has 3 nitrogen and oxygen atoms in total. The van der Waals surface area contributed by atoms with Crippen LogP contribution in [-0.2, 0) is 4.79 Å². The number of nitrogens with one attached hydrogen (secondary N) is 1. The molecular formula is C15H26N2O. The lowest BCUT2D eigenvalue weighted by atomic mass is 9.87. The maximum atomic E-state index is 12.8. The standard InChI is InChI=1S/C15H26N2O/c1-2-17(13-5-7-16-8-6-13)15(18)14-10-11-3-4-12(14)9-11/h11-14,16H,2-10H2,1H3. The van der Waals surface area contributed by atoms with E-state index in [1.54, 1.807) is 0 Å². The summed E-state index contributed by atoms with van der Waals surface area (Å²) in [4.78, 5) is 15.0. The molecule has 2 aliphatic carbocycles. The van der Waals surface area contributed by atoms with E-state index in [2.05, 4.69) is 17.1 Å². The summed E-state index contributed by atoms with van der Waals surface area (Å²) in [5.41, 5.74) is 0. The molecule has 0 aromatic rings. The van der Waals surface area contributed by atoms with Crippen molar-refractivity contribution >= 4 is 5.91 Å². The number of nitrogens with zero attached hydrogens (tertiary/aromatic N) is 1. The molecule has 102 valence electrons. The van der Waals surface area contributed by atoms with Crippen LogP contribution in [0.5, 0.6) is 0 Å². The number of amides is 1. The minimum absolute atomic E-state index is 0.374. The molecule has 0 aromatic heterocycles. The van der Waals surface area contributed by atoms with Gasteiger partial charge in [0, 0.05) is 18.5 Å². The van der Waals surface area contributed by atoms with Gasteiger partial charge in [0.2, 0.25) is 5.91 Å². The largest absolute Gasteiger partial charge is 0.340 e. The van der Waals surface area contributed by atoms with Crippen molar-refractivity contribution in [3.8, 4) is 0 Å². The van der Waals surface area contributed by atoms with Crippen LogP contribution in [0.1, 0.15) is 45.4 Å². The molecule has 18 heavy (non-hydrogen) atoms. The van der Waals surface area contributed by atoms with Crippen molar-refractivity contribution in [2.45, 2.75) is 51.5 Å². The minimum Gasteiger partial charge on any atom is -0.340 e. The summed E-state index contributed by atoms with van der Waals surface area (Å²) < 4.78 is 0. The fourth-order valence-corrected chi connectivity index (χ4v) is 4.47. The van der Waals surface area contributed by atoms with Gasteiger partial charge in [0.1, 0.15) is 0 Å². The number of fused-ring (bicyclic) bond motifs is 2. The summed E-state index contributed by atoms with van der Waals surface area (Å²) in [5.74, 6) is 2.45. The Morgan fingerprint density at radius 3 is 2.50 bits per heavy atom. The zero-order chi connectivity index (χ0) is 12.5. The van der Waals surface area contributed by atoms with E-state index in [4.69, 9.17) is 0 Å². The first-order chi connectivity index (χ1) is 8.79. The van der Waals surface area contributed by atoms with Crippen molar-refractivity contribution in [3.05, 3.63) is 0 Å². The Kier molecular flexibility index (Phi) is 3.60. The van der Waals surface area contributed by atoms with Gasteiger partial charge in [-0.1, -0.05) is 6.42 Å². The Balaban J connectivity index is 1.65. The highest BCUT2D eigenvalue weighted by molar-refractivity contribution is 5.80. The molecule has 0 radical (unpaired) electrons. The van der Waals surface area contributed by atoms with Gasteiger partial charge in [0.25, 0.3) is 0 Å². The van der Waals surface area contributed by atoms with Crippen molar-refractivity contribution in [1.29, 1.82) is 0 Å². The summed E-state index contributed by atoms with van der Waals surface area (Å²) in [7, 11) is 0. The van der Waals surface area contributed by atoms with E-state index < -0.39 is 0 Å². The van der Waals surface area contributed by atoms with Crippen LogP contribution >= 0.6 is 0 Å². The van der Waals surface area contributed by atoms with Crippen molar-refractivity contribution in [2.75, 3.05) is 19.6 Å². The van der Waals surface area contributed by atoms with Gasteiger partial charge < -0.3 is 10.2 Å². The quantitative estimate of drug-likeness (QED) is 0.831. The van der Waals surface area contributed by atoms with Gasteiger partial charge in [-0.3, -0.25) is 4.79 Å². The van der Waals surface area contributed by atoms with Gasteiger partial charge in [-0.2, -0.15) is 0 Å². The highest BCUT2D eigenvalue weighted by Gasteiger charge is 2.45. The highest BCUT2D eigenvalue weighted by Crippen LogP contribution is 2.49. The van der Waals surface area contributed by atoms with Crippen molar-refractivity contribution in [2.24, 2.45) is 17.8 Å². The summed E-state index contributed by atoms with van der Waals surface area (Å²) in [6.07, 6.45) is 7.49. The third kappa shape index (κ3) is 2.18. The molecule has 1 saturated heterocycles. The molecular weight excluding hydrogens is 224 g/mol. The van der Waals surface area contributed by atoms with Gasteiger partial charge >= 0.3 is 0 Å². The van der Waals surface area contributed by atoms with Gasteiger partial charge in [0.05, 0.1) is 0 Å². The average molecular weight is 250 g/mol. The van der Waals surface area contributed by atoms with E-state index in [1.807, 2.05) is 0 Å². The zero-order valence-corrected chi connectivity index (χ0v) is 11.5. The van der Waals surface area contributed by atoms with E-state index in [1.165, 1.54) is 25.7 Å². The van der Waals surface area contributed by atoms with Crippen LogP contribution in [0.4, 0.5) is 0 Å². The van der Waals surface area contributed by atoms with Crippen LogP contribution in [-0.4, -0.2) is 36.5 Å². The molecule has 1 N–H and O–H groups in total. The van der Waals surface area contributed by atoms with Gasteiger partial charge in [0.15, 0.2) is 0 Å². The van der Waals surface area contributed by atoms with Crippen LogP contribution in [0.25, 0.3) is 0 Å². The van der Waals surface area contributed by atoms with Crippen molar-refractivity contribution in [3.63, 3.8) is 0 Å². The van der Waals surface area contributed by atoms with Gasteiger partial charge in [-0.05, 0) is 64.0 Å². The molecule has 3 atom stereocenters. The fourth-order valence-electron chi connectivity index (χ4n) is 4.47. The van der Waals surface area contributed by atoms with Crippen LogP contribution in [0, 0.1) is 17.8 Å². The molecule has 3 aliphatic rings. The number of hydrogen-bond donors (Lipinski definition) is 1. The predicted octanol–water partition coefficient (Wildman–Crippen LogP) is 2.02. The summed E-state index contributed by atoms with van der Waals surface area (Å²) >= 11 is 0. The molecule has 2 saturated carbocycles. The molecule has 1 heterocycles. The van der Waals surface area contributed by atoms with E-state index >= 15 is 0 Å². The molecule has 0 aromatic carbocycles. The third-order valence-electron chi connectivity index (χ3n) is 5.43. The molecule has 3 heteroatoms. The first-order valence-electron chi connectivity index (χ1n) is 7.80. The lowest BCUT2D eigenvalue weighted by Crippen LogP contribution is -2.48. The molecule has 1 aliphatic heterocycles. The Labute approximate surface area is 110 Å². The van der Waals surface area contributed by atoms with Gasteiger partial charge in [-0.25, -0.2) is 0 Å².